The molecule has 1 fully saturated rings. The maximum Gasteiger partial charge on any atom is 0.260 e. The van der Waals surface area contributed by atoms with Crippen molar-refractivity contribution in [3.05, 3.63) is 84.8 Å². The zero-order chi connectivity index (χ0) is 28.2. The van der Waals surface area contributed by atoms with E-state index in [0.29, 0.717) is 28.8 Å². The van der Waals surface area contributed by atoms with Crippen LogP contribution in [0.3, 0.4) is 0 Å². The molecule has 0 aliphatic carbocycles. The molecular formula is C32H36N8O. The topological polar surface area (TPSA) is 84.2 Å². The Morgan fingerprint density at radius 3 is 2.32 bits per heavy atom. The van der Waals surface area contributed by atoms with E-state index in [2.05, 4.69) is 58.4 Å². The van der Waals surface area contributed by atoms with Crippen molar-refractivity contribution in [3.8, 4) is 23.0 Å². The standard InChI is InChI=1S/C32H36N8O/c1-4-38(5-2)26-16-20-39(21-17-26)25-10-12-27(13-11-25)40-31-28(22-34-40)32(41-37-29-9-7-6-8-23(29)3)36-30(35-31)24-14-18-33-19-15-24/h6-15,18-19,22,26,37H,4-5,16-17,20-21H2,1-3H3. The van der Waals surface area contributed by atoms with E-state index < -0.39 is 0 Å². The number of piperidine rings is 1. The molecule has 6 rings (SSSR count). The van der Waals surface area contributed by atoms with Gasteiger partial charge in [-0.25, -0.2) is 15.1 Å². The van der Waals surface area contributed by atoms with Gasteiger partial charge in [0.1, 0.15) is 5.39 Å². The minimum absolute atomic E-state index is 0.406. The smallest absolute Gasteiger partial charge is 0.260 e. The van der Waals surface area contributed by atoms with Gasteiger partial charge in [-0.15, -0.1) is 0 Å². The van der Waals surface area contributed by atoms with Gasteiger partial charge in [-0.2, -0.15) is 10.1 Å². The average Bonchev–Trinajstić information content (AvgIpc) is 3.46. The second kappa shape index (κ2) is 11.9. The number of aromatic nitrogens is 5. The van der Waals surface area contributed by atoms with E-state index in [1.807, 2.05) is 48.0 Å². The van der Waals surface area contributed by atoms with E-state index in [-0.39, 0.29) is 0 Å². The van der Waals surface area contributed by atoms with Crippen LogP contribution >= 0.6 is 0 Å². The van der Waals surface area contributed by atoms with E-state index in [4.69, 9.17) is 19.9 Å². The Kier molecular flexibility index (Phi) is 7.78. The van der Waals surface area contributed by atoms with Gasteiger partial charge >= 0.3 is 0 Å². The fraction of sp³-hybridized carbons (Fsp3) is 0.312. The molecule has 1 N–H and O–H groups in total. The Bertz CT molecular complexity index is 1590. The Hall–Kier alpha value is -4.50. The summed E-state index contributed by atoms with van der Waals surface area (Å²) in [5.41, 5.74) is 8.68. The number of nitrogens with zero attached hydrogens (tertiary/aromatic N) is 7. The van der Waals surface area contributed by atoms with Gasteiger partial charge in [0.2, 0.25) is 0 Å². The van der Waals surface area contributed by atoms with Crippen molar-refractivity contribution < 1.29 is 4.84 Å². The molecule has 0 amide bonds. The van der Waals surface area contributed by atoms with Gasteiger partial charge in [-0.3, -0.25) is 4.98 Å². The Labute approximate surface area is 240 Å². The number of hydrogen-bond donors (Lipinski definition) is 1. The molecule has 1 saturated heterocycles. The van der Waals surface area contributed by atoms with Gasteiger partial charge in [0.15, 0.2) is 11.5 Å². The van der Waals surface area contributed by atoms with Crippen LogP contribution < -0.4 is 15.2 Å². The molecule has 41 heavy (non-hydrogen) atoms. The molecule has 9 heteroatoms. The monoisotopic (exact) mass is 548 g/mol. The van der Waals surface area contributed by atoms with E-state index in [1.165, 1.54) is 18.5 Å². The molecule has 3 aromatic heterocycles. The molecule has 0 radical (unpaired) electrons. The van der Waals surface area contributed by atoms with Gasteiger partial charge < -0.3 is 14.6 Å². The SMILES string of the molecule is CCN(CC)C1CCN(c2ccc(-n3ncc4c(ONc5ccccc5C)nc(-c5ccncc5)nc43)cc2)CC1. The molecule has 0 saturated carbocycles. The first-order valence-electron chi connectivity index (χ1n) is 14.4. The lowest BCUT2D eigenvalue weighted by molar-refractivity contribution is 0.186. The second-order valence-electron chi connectivity index (χ2n) is 10.4. The van der Waals surface area contributed by atoms with Gasteiger partial charge in [0.05, 0.1) is 17.6 Å². The van der Waals surface area contributed by atoms with E-state index in [9.17, 15) is 0 Å². The molecule has 0 spiro atoms. The van der Waals surface area contributed by atoms with Crippen LogP contribution in [0.5, 0.6) is 5.88 Å². The number of anilines is 2. The quantitative estimate of drug-likeness (QED) is 0.228. The van der Waals surface area contributed by atoms with Gasteiger partial charge in [-0.05, 0) is 80.9 Å². The predicted octanol–water partition coefficient (Wildman–Crippen LogP) is 5.90. The van der Waals surface area contributed by atoms with Crippen LogP contribution in [-0.2, 0) is 0 Å². The first kappa shape index (κ1) is 26.7. The number of fused-ring (bicyclic) bond motifs is 1. The van der Waals surface area contributed by atoms with E-state index >= 15 is 0 Å². The number of rotatable bonds is 9. The number of benzene rings is 2. The summed E-state index contributed by atoms with van der Waals surface area (Å²) in [5, 5.41) is 5.41. The average molecular weight is 549 g/mol. The highest BCUT2D eigenvalue weighted by atomic mass is 16.7. The molecule has 5 aromatic rings. The summed E-state index contributed by atoms with van der Waals surface area (Å²) in [5.74, 6) is 0.944. The largest absolute Gasteiger partial charge is 0.371 e. The highest BCUT2D eigenvalue weighted by Crippen LogP contribution is 2.30. The van der Waals surface area contributed by atoms with Crippen LogP contribution in [0.2, 0.25) is 0 Å². The summed E-state index contributed by atoms with van der Waals surface area (Å²) in [6, 6.07) is 21.0. The van der Waals surface area contributed by atoms with Crippen LogP contribution in [0, 0.1) is 6.92 Å². The molecule has 0 unspecified atom stereocenters. The van der Waals surface area contributed by atoms with Crippen molar-refractivity contribution in [2.75, 3.05) is 36.6 Å². The van der Waals surface area contributed by atoms with Crippen molar-refractivity contribution in [3.63, 3.8) is 0 Å². The minimum Gasteiger partial charge on any atom is -0.371 e. The zero-order valence-corrected chi connectivity index (χ0v) is 23.9. The summed E-state index contributed by atoms with van der Waals surface area (Å²) in [6.45, 7) is 10.9. The van der Waals surface area contributed by atoms with Crippen LogP contribution in [0.1, 0.15) is 32.3 Å². The summed E-state index contributed by atoms with van der Waals surface area (Å²) < 4.78 is 1.85. The van der Waals surface area contributed by atoms with Crippen molar-refractivity contribution >= 4 is 22.4 Å². The Balaban J connectivity index is 1.29. The van der Waals surface area contributed by atoms with Crippen molar-refractivity contribution in [2.45, 2.75) is 39.7 Å². The maximum atomic E-state index is 6.06. The van der Waals surface area contributed by atoms with E-state index in [1.54, 1.807) is 18.6 Å². The summed E-state index contributed by atoms with van der Waals surface area (Å²) >= 11 is 0. The normalized spacial score (nSPS) is 14.1. The van der Waals surface area contributed by atoms with Crippen molar-refractivity contribution in [1.82, 2.24) is 29.6 Å². The predicted molar refractivity (Wildman–Crippen MR) is 163 cm³/mol. The third kappa shape index (κ3) is 5.58. The van der Waals surface area contributed by atoms with Gasteiger partial charge in [0, 0.05) is 42.8 Å². The van der Waals surface area contributed by atoms with Crippen LogP contribution in [-0.4, -0.2) is 61.9 Å². The summed E-state index contributed by atoms with van der Waals surface area (Å²) in [6.07, 6.45) is 7.61. The lowest BCUT2D eigenvalue weighted by atomic mass is 10.0. The number of hydrogen-bond acceptors (Lipinski definition) is 8. The second-order valence-corrected chi connectivity index (χ2v) is 10.4. The molecular weight excluding hydrogens is 512 g/mol. The highest BCUT2D eigenvalue weighted by Gasteiger charge is 2.23. The molecule has 1 aliphatic heterocycles. The van der Waals surface area contributed by atoms with Crippen LogP contribution in [0.4, 0.5) is 11.4 Å². The zero-order valence-electron chi connectivity index (χ0n) is 23.9. The minimum atomic E-state index is 0.406. The van der Waals surface area contributed by atoms with Crippen molar-refractivity contribution in [1.29, 1.82) is 0 Å². The Morgan fingerprint density at radius 1 is 0.902 bits per heavy atom. The lowest BCUT2D eigenvalue weighted by Gasteiger charge is -2.38. The Morgan fingerprint density at radius 2 is 1.61 bits per heavy atom. The van der Waals surface area contributed by atoms with Gasteiger partial charge in [-0.1, -0.05) is 32.0 Å². The highest BCUT2D eigenvalue weighted by molar-refractivity contribution is 5.83. The van der Waals surface area contributed by atoms with E-state index in [0.717, 1.165) is 48.7 Å². The third-order valence-electron chi connectivity index (χ3n) is 7.99. The first-order chi connectivity index (χ1) is 20.1. The number of aryl methyl sites for hydroxylation is 1. The third-order valence-corrected chi connectivity index (χ3v) is 7.99. The molecule has 210 valence electrons. The maximum absolute atomic E-state index is 6.06. The molecule has 2 aromatic carbocycles. The summed E-state index contributed by atoms with van der Waals surface area (Å²) in [4.78, 5) is 24.9. The number of nitrogens with one attached hydrogen (secondary N) is 1. The fourth-order valence-electron chi connectivity index (χ4n) is 5.60. The fourth-order valence-corrected chi connectivity index (χ4v) is 5.60. The molecule has 1 aliphatic rings. The number of pyridine rings is 1. The van der Waals surface area contributed by atoms with Crippen molar-refractivity contribution in [2.24, 2.45) is 0 Å². The van der Waals surface area contributed by atoms with Crippen LogP contribution in [0.15, 0.2) is 79.3 Å². The molecule has 9 nitrogen and oxygen atoms in total. The van der Waals surface area contributed by atoms with Crippen LogP contribution in [0.25, 0.3) is 28.1 Å². The first-order valence-corrected chi connectivity index (χ1v) is 14.4. The molecule has 0 bridgehead atoms. The molecule has 0 atom stereocenters. The number of para-hydroxylation sites is 1. The summed E-state index contributed by atoms with van der Waals surface area (Å²) in [7, 11) is 0. The lowest BCUT2D eigenvalue weighted by Crippen LogP contribution is -2.44. The van der Waals surface area contributed by atoms with Gasteiger partial charge in [0.25, 0.3) is 5.88 Å². The molecule has 4 heterocycles.